The SMILES string of the molecule is Nc1nnc2n1CCC2S. The lowest BCUT2D eigenvalue weighted by molar-refractivity contribution is 0.749. The Balaban J connectivity index is 2.53. The molecule has 1 aromatic rings. The Morgan fingerprint density at radius 2 is 2.40 bits per heavy atom. The van der Waals surface area contributed by atoms with E-state index in [0.717, 1.165) is 18.8 Å². The predicted molar refractivity (Wildman–Crippen MR) is 40.8 cm³/mol. The van der Waals surface area contributed by atoms with Crippen LogP contribution >= 0.6 is 12.6 Å². The van der Waals surface area contributed by atoms with Crippen LogP contribution in [0.3, 0.4) is 0 Å². The third-order valence-electron chi connectivity index (χ3n) is 1.73. The quantitative estimate of drug-likeness (QED) is 0.529. The van der Waals surface area contributed by atoms with E-state index in [-0.39, 0.29) is 5.25 Å². The molecule has 1 unspecified atom stereocenters. The standard InChI is InChI=1S/C5H8N4S/c6-5-8-7-4-3(10)1-2-9(4)5/h3,10H,1-2H2,(H2,6,8). The van der Waals surface area contributed by atoms with Crippen LogP contribution in [0.15, 0.2) is 0 Å². The van der Waals surface area contributed by atoms with Gasteiger partial charge in [0.2, 0.25) is 5.95 Å². The molecule has 0 fully saturated rings. The second-order valence-corrected chi connectivity index (χ2v) is 3.00. The van der Waals surface area contributed by atoms with Crippen molar-refractivity contribution in [1.82, 2.24) is 14.8 Å². The van der Waals surface area contributed by atoms with Crippen molar-refractivity contribution in [3.8, 4) is 0 Å². The highest BCUT2D eigenvalue weighted by atomic mass is 32.1. The average molecular weight is 156 g/mol. The van der Waals surface area contributed by atoms with E-state index < -0.39 is 0 Å². The minimum absolute atomic E-state index is 0.227. The van der Waals surface area contributed by atoms with Gasteiger partial charge in [-0.25, -0.2) is 0 Å². The van der Waals surface area contributed by atoms with Gasteiger partial charge in [-0.05, 0) is 6.42 Å². The molecule has 0 aromatic carbocycles. The maximum absolute atomic E-state index is 5.51. The molecular formula is C5H8N4S. The summed E-state index contributed by atoms with van der Waals surface area (Å²) in [5.74, 6) is 1.41. The first-order valence-corrected chi connectivity index (χ1v) is 3.67. The zero-order valence-corrected chi connectivity index (χ0v) is 6.25. The number of nitrogen functional groups attached to an aromatic ring is 1. The third-order valence-corrected chi connectivity index (χ3v) is 2.22. The molecule has 1 aromatic heterocycles. The summed E-state index contributed by atoms with van der Waals surface area (Å²) in [5, 5.41) is 7.85. The van der Waals surface area contributed by atoms with Crippen LogP contribution in [-0.2, 0) is 6.54 Å². The molecule has 2 heterocycles. The van der Waals surface area contributed by atoms with Crippen molar-refractivity contribution in [2.45, 2.75) is 18.2 Å². The molecule has 0 saturated heterocycles. The minimum atomic E-state index is 0.227. The molecule has 0 aliphatic carbocycles. The topological polar surface area (TPSA) is 56.7 Å². The maximum atomic E-state index is 5.51. The monoisotopic (exact) mass is 156 g/mol. The molecule has 1 aliphatic heterocycles. The second kappa shape index (κ2) is 1.88. The molecule has 5 heteroatoms. The number of hydrogen-bond donors (Lipinski definition) is 2. The number of thiol groups is 1. The predicted octanol–water partition coefficient (Wildman–Crippen LogP) is 0.235. The minimum Gasteiger partial charge on any atom is -0.368 e. The van der Waals surface area contributed by atoms with Gasteiger partial charge in [-0.15, -0.1) is 10.2 Å². The molecule has 4 nitrogen and oxygen atoms in total. The van der Waals surface area contributed by atoms with Crippen LogP contribution < -0.4 is 5.73 Å². The van der Waals surface area contributed by atoms with E-state index >= 15 is 0 Å². The van der Waals surface area contributed by atoms with Crippen LogP contribution in [-0.4, -0.2) is 14.8 Å². The van der Waals surface area contributed by atoms with Crippen LogP contribution in [0.2, 0.25) is 0 Å². The Hall–Kier alpha value is -0.710. The van der Waals surface area contributed by atoms with Crippen molar-refractivity contribution in [1.29, 1.82) is 0 Å². The van der Waals surface area contributed by atoms with E-state index in [1.165, 1.54) is 0 Å². The molecule has 1 aliphatic rings. The molecule has 0 bridgehead atoms. The van der Waals surface area contributed by atoms with Crippen LogP contribution in [0.4, 0.5) is 5.95 Å². The lowest BCUT2D eigenvalue weighted by atomic mass is 10.3. The van der Waals surface area contributed by atoms with Crippen molar-refractivity contribution < 1.29 is 0 Å². The lowest BCUT2D eigenvalue weighted by Crippen LogP contribution is -1.99. The van der Waals surface area contributed by atoms with Crippen molar-refractivity contribution in [3.63, 3.8) is 0 Å². The average Bonchev–Trinajstić information content (AvgIpc) is 2.41. The Labute approximate surface area is 63.8 Å². The van der Waals surface area contributed by atoms with Gasteiger partial charge in [-0.2, -0.15) is 12.6 Å². The number of nitrogens with zero attached hydrogens (tertiary/aromatic N) is 3. The van der Waals surface area contributed by atoms with Crippen molar-refractivity contribution >= 4 is 18.6 Å². The number of nitrogens with two attached hydrogens (primary N) is 1. The highest BCUT2D eigenvalue weighted by Gasteiger charge is 2.23. The first-order valence-electron chi connectivity index (χ1n) is 3.15. The summed E-state index contributed by atoms with van der Waals surface area (Å²) in [7, 11) is 0. The summed E-state index contributed by atoms with van der Waals surface area (Å²) in [6, 6.07) is 0. The molecule has 1 atom stereocenters. The normalized spacial score (nSPS) is 23.1. The van der Waals surface area contributed by atoms with E-state index in [9.17, 15) is 0 Å². The Morgan fingerprint density at radius 3 is 3.10 bits per heavy atom. The summed E-state index contributed by atoms with van der Waals surface area (Å²) in [6.07, 6.45) is 1.01. The van der Waals surface area contributed by atoms with Gasteiger partial charge in [0, 0.05) is 6.54 Å². The van der Waals surface area contributed by atoms with Crippen LogP contribution in [0.5, 0.6) is 0 Å². The molecular weight excluding hydrogens is 148 g/mol. The fourth-order valence-corrected chi connectivity index (χ4v) is 1.49. The second-order valence-electron chi connectivity index (χ2n) is 2.37. The summed E-state index contributed by atoms with van der Waals surface area (Å²) < 4.78 is 1.90. The van der Waals surface area contributed by atoms with Crippen molar-refractivity contribution in [3.05, 3.63) is 5.82 Å². The first kappa shape index (κ1) is 6.03. The molecule has 0 spiro atoms. The van der Waals surface area contributed by atoms with E-state index in [2.05, 4.69) is 22.8 Å². The Morgan fingerprint density at radius 1 is 1.60 bits per heavy atom. The lowest BCUT2D eigenvalue weighted by Gasteiger charge is -1.93. The molecule has 2 rings (SSSR count). The van der Waals surface area contributed by atoms with E-state index in [1.807, 2.05) is 4.57 Å². The fourth-order valence-electron chi connectivity index (χ4n) is 1.18. The number of fused-ring (bicyclic) bond motifs is 1. The zero-order chi connectivity index (χ0) is 7.14. The number of rotatable bonds is 0. The smallest absolute Gasteiger partial charge is 0.222 e. The Bertz CT molecular complexity index is 256. The van der Waals surface area contributed by atoms with Gasteiger partial charge in [0.05, 0.1) is 5.25 Å². The van der Waals surface area contributed by atoms with Crippen molar-refractivity contribution in [2.24, 2.45) is 0 Å². The van der Waals surface area contributed by atoms with Gasteiger partial charge in [-0.1, -0.05) is 0 Å². The molecule has 0 amide bonds. The van der Waals surface area contributed by atoms with Gasteiger partial charge in [-0.3, -0.25) is 4.57 Å². The summed E-state index contributed by atoms with van der Waals surface area (Å²) in [5.41, 5.74) is 5.51. The van der Waals surface area contributed by atoms with Crippen LogP contribution in [0.1, 0.15) is 17.5 Å². The summed E-state index contributed by atoms with van der Waals surface area (Å²) >= 11 is 4.31. The van der Waals surface area contributed by atoms with Gasteiger partial charge < -0.3 is 5.73 Å². The number of anilines is 1. The van der Waals surface area contributed by atoms with Gasteiger partial charge in [0.1, 0.15) is 5.82 Å². The first-order chi connectivity index (χ1) is 4.79. The number of aromatic nitrogens is 3. The van der Waals surface area contributed by atoms with Crippen LogP contribution in [0, 0.1) is 0 Å². The Kier molecular flexibility index (Phi) is 1.14. The molecule has 54 valence electrons. The summed E-state index contributed by atoms with van der Waals surface area (Å²) in [6.45, 7) is 0.905. The zero-order valence-electron chi connectivity index (χ0n) is 5.36. The largest absolute Gasteiger partial charge is 0.368 e. The molecule has 2 N–H and O–H groups in total. The van der Waals surface area contributed by atoms with E-state index in [0.29, 0.717) is 5.95 Å². The maximum Gasteiger partial charge on any atom is 0.222 e. The highest BCUT2D eigenvalue weighted by molar-refractivity contribution is 7.80. The molecule has 0 saturated carbocycles. The fraction of sp³-hybridized carbons (Fsp3) is 0.600. The van der Waals surface area contributed by atoms with E-state index in [1.54, 1.807) is 0 Å². The van der Waals surface area contributed by atoms with E-state index in [4.69, 9.17) is 5.73 Å². The van der Waals surface area contributed by atoms with Crippen LogP contribution in [0.25, 0.3) is 0 Å². The third kappa shape index (κ3) is 0.636. The van der Waals surface area contributed by atoms with Crippen molar-refractivity contribution in [2.75, 3.05) is 5.73 Å². The number of hydrogen-bond acceptors (Lipinski definition) is 4. The molecule has 10 heavy (non-hydrogen) atoms. The van der Waals surface area contributed by atoms with Gasteiger partial charge in [0.15, 0.2) is 0 Å². The highest BCUT2D eigenvalue weighted by Crippen LogP contribution is 2.30. The summed E-state index contributed by atoms with van der Waals surface area (Å²) in [4.78, 5) is 0. The van der Waals surface area contributed by atoms with Gasteiger partial charge in [0.25, 0.3) is 0 Å². The van der Waals surface area contributed by atoms with Gasteiger partial charge >= 0.3 is 0 Å². The molecule has 0 radical (unpaired) electrons.